The molecule has 21 heavy (non-hydrogen) atoms. The minimum Gasteiger partial charge on any atom is -0.333 e. The molecule has 10 heteroatoms. The molecular weight excluding hydrogens is 377 g/mol. The van der Waals surface area contributed by atoms with Crippen LogP contribution in [0.2, 0.25) is 0 Å². The third-order valence-corrected chi connectivity index (χ3v) is 4.36. The highest BCUT2D eigenvalue weighted by Crippen LogP contribution is 2.26. The van der Waals surface area contributed by atoms with Crippen molar-refractivity contribution in [3.8, 4) is 0 Å². The molecule has 1 amide bonds. The zero-order valence-electron chi connectivity index (χ0n) is 11.0. The van der Waals surface area contributed by atoms with Crippen molar-refractivity contribution in [1.82, 2.24) is 4.90 Å². The molecule has 0 fully saturated rings. The third-order valence-electron chi connectivity index (χ3n) is 2.64. The predicted octanol–water partition coefficient (Wildman–Crippen LogP) is 2.04. The topological polar surface area (TPSA) is 80.5 Å². The molecule has 5 nitrogen and oxygen atoms in total. The van der Waals surface area contributed by atoms with Gasteiger partial charge in [-0.1, -0.05) is 15.9 Å². The maximum atomic E-state index is 12.3. The Bertz CT molecular complexity index is 674. The maximum absolute atomic E-state index is 12.3. The van der Waals surface area contributed by atoms with E-state index in [0.717, 1.165) is 13.1 Å². The number of nitrogens with zero attached hydrogens (tertiary/aromatic N) is 1. The molecule has 0 aromatic heterocycles. The van der Waals surface area contributed by atoms with E-state index in [1.165, 1.54) is 13.0 Å². The van der Waals surface area contributed by atoms with Crippen molar-refractivity contribution in [2.24, 2.45) is 5.14 Å². The van der Waals surface area contributed by atoms with Crippen LogP contribution in [0.3, 0.4) is 0 Å². The van der Waals surface area contributed by atoms with Gasteiger partial charge in [0.2, 0.25) is 10.0 Å². The number of sulfonamides is 1. The van der Waals surface area contributed by atoms with Gasteiger partial charge < -0.3 is 4.90 Å². The molecule has 0 radical (unpaired) electrons. The number of carbonyl (C=O) groups is 1. The van der Waals surface area contributed by atoms with Crippen LogP contribution in [0.4, 0.5) is 13.2 Å². The molecule has 0 aliphatic rings. The number of amides is 1. The van der Waals surface area contributed by atoms with Gasteiger partial charge in [0, 0.05) is 17.1 Å². The van der Waals surface area contributed by atoms with E-state index in [-0.39, 0.29) is 14.9 Å². The average Bonchev–Trinajstić information content (AvgIpc) is 2.27. The second-order valence-corrected chi connectivity index (χ2v) is 6.81. The molecule has 0 aliphatic carbocycles. The van der Waals surface area contributed by atoms with Crippen LogP contribution >= 0.6 is 15.9 Å². The zero-order valence-corrected chi connectivity index (χ0v) is 13.4. The van der Waals surface area contributed by atoms with Crippen LogP contribution in [0.15, 0.2) is 21.5 Å². The van der Waals surface area contributed by atoms with Crippen LogP contribution in [-0.2, 0) is 10.0 Å². The van der Waals surface area contributed by atoms with Gasteiger partial charge in [0.1, 0.15) is 6.54 Å². The highest BCUT2D eigenvalue weighted by Gasteiger charge is 2.32. The molecular formula is C11H12BrF3N2O3S. The lowest BCUT2D eigenvalue weighted by Crippen LogP contribution is -2.36. The number of benzene rings is 1. The highest BCUT2D eigenvalue weighted by molar-refractivity contribution is 9.10. The SMILES string of the molecule is Cc1c(Br)cc(S(N)(=O)=O)cc1C(=O)N(C)CC(F)(F)F. The van der Waals surface area contributed by atoms with Crippen molar-refractivity contribution in [1.29, 1.82) is 0 Å². The number of alkyl halides is 3. The molecule has 2 N–H and O–H groups in total. The third kappa shape index (κ3) is 4.68. The monoisotopic (exact) mass is 388 g/mol. The number of halogens is 4. The molecule has 0 atom stereocenters. The van der Waals surface area contributed by atoms with Gasteiger partial charge in [-0.25, -0.2) is 13.6 Å². The Morgan fingerprint density at radius 1 is 1.38 bits per heavy atom. The highest BCUT2D eigenvalue weighted by atomic mass is 79.9. The first-order valence-corrected chi connectivity index (χ1v) is 7.82. The van der Waals surface area contributed by atoms with Crippen LogP contribution in [0, 0.1) is 6.92 Å². The summed E-state index contributed by atoms with van der Waals surface area (Å²) in [7, 11) is -3.10. The second-order valence-electron chi connectivity index (χ2n) is 4.40. The molecule has 1 aromatic rings. The molecule has 0 saturated heterocycles. The Labute approximate surface area is 128 Å². The Morgan fingerprint density at radius 2 is 1.90 bits per heavy atom. The summed E-state index contributed by atoms with van der Waals surface area (Å²) in [5.74, 6) is -0.948. The average molecular weight is 389 g/mol. The smallest absolute Gasteiger partial charge is 0.333 e. The molecule has 0 unspecified atom stereocenters. The minimum absolute atomic E-state index is 0.167. The van der Waals surface area contributed by atoms with Crippen molar-refractivity contribution >= 4 is 31.9 Å². The van der Waals surface area contributed by atoms with Gasteiger partial charge in [0.05, 0.1) is 4.90 Å². The van der Waals surface area contributed by atoms with E-state index in [4.69, 9.17) is 5.14 Å². The van der Waals surface area contributed by atoms with Crippen molar-refractivity contribution in [2.45, 2.75) is 18.0 Å². The number of carbonyl (C=O) groups excluding carboxylic acids is 1. The molecule has 1 aromatic carbocycles. The van der Waals surface area contributed by atoms with Gasteiger partial charge in [-0.3, -0.25) is 4.79 Å². The van der Waals surface area contributed by atoms with E-state index < -0.39 is 28.7 Å². The van der Waals surface area contributed by atoms with Crippen LogP contribution < -0.4 is 5.14 Å². The van der Waals surface area contributed by atoms with Gasteiger partial charge in [-0.15, -0.1) is 0 Å². The minimum atomic E-state index is -4.55. The fourth-order valence-electron chi connectivity index (χ4n) is 1.59. The molecule has 0 heterocycles. The lowest BCUT2D eigenvalue weighted by Gasteiger charge is -2.20. The van der Waals surface area contributed by atoms with Gasteiger partial charge >= 0.3 is 6.18 Å². The fraction of sp³-hybridized carbons (Fsp3) is 0.364. The molecule has 0 bridgehead atoms. The van der Waals surface area contributed by atoms with E-state index >= 15 is 0 Å². The number of primary sulfonamides is 1. The van der Waals surface area contributed by atoms with Gasteiger partial charge in [-0.2, -0.15) is 13.2 Å². The van der Waals surface area contributed by atoms with Crippen LogP contribution in [0.5, 0.6) is 0 Å². The second kappa shape index (κ2) is 5.93. The molecule has 118 valence electrons. The first-order valence-electron chi connectivity index (χ1n) is 5.48. The molecule has 0 aliphatic heterocycles. The Hall–Kier alpha value is -1.13. The maximum Gasteiger partial charge on any atom is 0.406 e. The van der Waals surface area contributed by atoms with Crippen molar-refractivity contribution in [3.05, 3.63) is 27.7 Å². The van der Waals surface area contributed by atoms with Gasteiger partial charge in [0.25, 0.3) is 5.91 Å². The van der Waals surface area contributed by atoms with Gasteiger partial charge in [0.15, 0.2) is 0 Å². The summed E-state index contributed by atoms with van der Waals surface area (Å²) in [6, 6.07) is 2.15. The number of rotatable bonds is 3. The first-order chi connectivity index (χ1) is 9.33. The number of hydrogen-bond acceptors (Lipinski definition) is 3. The summed E-state index contributed by atoms with van der Waals surface area (Å²) in [4.78, 5) is 12.1. The van der Waals surface area contributed by atoms with E-state index in [9.17, 15) is 26.4 Å². The molecule has 0 saturated carbocycles. The van der Waals surface area contributed by atoms with E-state index in [0.29, 0.717) is 10.5 Å². The quantitative estimate of drug-likeness (QED) is 0.859. The first kappa shape index (κ1) is 17.9. The number of hydrogen-bond donors (Lipinski definition) is 1. The lowest BCUT2D eigenvalue weighted by atomic mass is 10.1. The standard InChI is InChI=1S/C11H12BrF3N2O3S/c1-6-8(10(18)17(2)5-11(13,14)15)3-7(4-9(6)12)21(16,19)20/h3-4H,5H2,1-2H3,(H2,16,19,20). The van der Waals surface area contributed by atoms with Crippen molar-refractivity contribution < 1.29 is 26.4 Å². The fourth-order valence-corrected chi connectivity index (χ4v) is 2.76. The molecule has 1 rings (SSSR count). The molecule has 0 spiro atoms. The summed E-state index contributed by atoms with van der Waals surface area (Å²) in [6.45, 7) is 0.0359. The predicted molar refractivity (Wildman–Crippen MR) is 73.3 cm³/mol. The van der Waals surface area contributed by atoms with E-state index in [1.807, 2.05) is 0 Å². The van der Waals surface area contributed by atoms with Crippen molar-refractivity contribution in [3.63, 3.8) is 0 Å². The van der Waals surface area contributed by atoms with Gasteiger partial charge in [-0.05, 0) is 24.6 Å². The lowest BCUT2D eigenvalue weighted by molar-refractivity contribution is -0.138. The summed E-state index contributed by atoms with van der Waals surface area (Å²) in [5.41, 5.74) is 0.154. The summed E-state index contributed by atoms with van der Waals surface area (Å²) >= 11 is 3.06. The van der Waals surface area contributed by atoms with Crippen LogP contribution in [-0.4, -0.2) is 39.0 Å². The Kier molecular flexibility index (Phi) is 5.06. The van der Waals surface area contributed by atoms with Crippen LogP contribution in [0.25, 0.3) is 0 Å². The normalized spacial score (nSPS) is 12.3. The van der Waals surface area contributed by atoms with Crippen LogP contribution in [0.1, 0.15) is 15.9 Å². The Balaban J connectivity index is 3.30. The summed E-state index contributed by atoms with van der Waals surface area (Å²) in [5, 5.41) is 4.97. The zero-order chi connectivity index (χ0) is 16.6. The van der Waals surface area contributed by atoms with E-state index in [1.54, 1.807) is 0 Å². The Morgan fingerprint density at radius 3 is 2.33 bits per heavy atom. The summed E-state index contributed by atoms with van der Waals surface area (Å²) < 4.78 is 59.8. The number of nitrogens with two attached hydrogens (primary N) is 1. The summed E-state index contributed by atoms with van der Waals surface area (Å²) in [6.07, 6.45) is -4.55. The van der Waals surface area contributed by atoms with Crippen molar-refractivity contribution in [2.75, 3.05) is 13.6 Å². The van der Waals surface area contributed by atoms with E-state index in [2.05, 4.69) is 15.9 Å². The largest absolute Gasteiger partial charge is 0.406 e.